The molecule has 1 aliphatic carbocycles. The molecule has 2 atom stereocenters. The van der Waals surface area contributed by atoms with Crippen LogP contribution < -0.4 is 10.6 Å². The van der Waals surface area contributed by atoms with E-state index in [2.05, 4.69) is 155 Å². The Bertz CT molecular complexity index is 2800. The largest absolute Gasteiger partial charge is 0.456 e. The summed E-state index contributed by atoms with van der Waals surface area (Å²) >= 11 is 1.89. The van der Waals surface area contributed by atoms with E-state index in [4.69, 9.17) is 4.42 Å². The van der Waals surface area contributed by atoms with E-state index in [9.17, 15) is 0 Å². The van der Waals surface area contributed by atoms with Crippen molar-refractivity contribution in [1.82, 2.24) is 9.88 Å². The van der Waals surface area contributed by atoms with Crippen LogP contribution in [0.1, 0.15) is 41.2 Å². The van der Waals surface area contributed by atoms with Crippen molar-refractivity contribution in [2.24, 2.45) is 0 Å². The number of benzene rings is 6. The Morgan fingerprint density at radius 3 is 2.51 bits per heavy atom. The van der Waals surface area contributed by atoms with Crippen LogP contribution in [-0.2, 0) is 6.42 Å². The van der Waals surface area contributed by atoms with Crippen LogP contribution in [0.4, 0.5) is 5.69 Å². The molecule has 0 radical (unpaired) electrons. The average Bonchev–Trinajstić information content (AvgIpc) is 3.84. The summed E-state index contributed by atoms with van der Waals surface area (Å²) < 4.78 is 11.7. The number of nitrogens with zero attached hydrogens (tertiary/aromatic N) is 1. The maximum Gasteiger partial charge on any atom is 0.160 e. The Hall–Kier alpha value is -5.62. The van der Waals surface area contributed by atoms with Gasteiger partial charge in [0.1, 0.15) is 11.3 Å². The van der Waals surface area contributed by atoms with Gasteiger partial charge in [-0.2, -0.15) is 0 Å². The molecule has 0 fully saturated rings. The molecule has 0 spiro atoms. The van der Waals surface area contributed by atoms with Crippen LogP contribution in [0.15, 0.2) is 138 Å². The van der Waals surface area contributed by atoms with Crippen LogP contribution in [-0.4, -0.2) is 4.57 Å². The zero-order valence-corrected chi connectivity index (χ0v) is 27.4. The minimum absolute atomic E-state index is 0.0311. The summed E-state index contributed by atoms with van der Waals surface area (Å²) in [6, 6.07) is 46.5. The predicted octanol–water partition coefficient (Wildman–Crippen LogP) is 11.8. The van der Waals surface area contributed by atoms with E-state index >= 15 is 0 Å². The average molecular weight is 650 g/mol. The lowest BCUT2D eigenvalue weighted by atomic mass is 9.95. The van der Waals surface area contributed by atoms with Crippen molar-refractivity contribution in [3.05, 3.63) is 156 Å². The highest BCUT2D eigenvalue weighted by Gasteiger charge is 2.30. The van der Waals surface area contributed by atoms with Gasteiger partial charge in [-0.15, -0.1) is 11.3 Å². The van der Waals surface area contributed by atoms with Crippen molar-refractivity contribution in [3.63, 3.8) is 0 Å². The standard InChI is InChI=1S/C44H31N3OS/c1-2-11-26(12-3-1)41-33-15-4-7-18-35(33)45-44(46-41)47-36-24-23-32-30-14-6-9-20-39(30)49-43(32)40(36)34-22-21-27(25-37(34)47)28-16-10-17-31-29-13-5-8-19-38(29)48-42(28)31/h1-4,6-12,14-25,41,44-46H,5,13H2. The molecular weight excluding hydrogens is 619 g/mol. The first-order valence-electron chi connectivity index (χ1n) is 17.1. The van der Waals surface area contributed by atoms with Crippen molar-refractivity contribution >= 4 is 76.0 Å². The van der Waals surface area contributed by atoms with E-state index in [1.165, 1.54) is 64.1 Å². The van der Waals surface area contributed by atoms with Crippen molar-refractivity contribution < 1.29 is 4.42 Å². The summed E-state index contributed by atoms with van der Waals surface area (Å²) in [6.45, 7) is 0. The number of furan rings is 1. The number of anilines is 1. The monoisotopic (exact) mass is 649 g/mol. The number of aromatic nitrogens is 1. The molecule has 0 bridgehead atoms. The van der Waals surface area contributed by atoms with Gasteiger partial charge in [-0.05, 0) is 59.9 Å². The number of aryl methyl sites for hydroxylation is 1. The van der Waals surface area contributed by atoms with Gasteiger partial charge in [-0.25, -0.2) is 0 Å². The third kappa shape index (κ3) is 4.00. The molecule has 4 heterocycles. The fourth-order valence-corrected chi connectivity index (χ4v) is 9.62. The topological polar surface area (TPSA) is 42.1 Å². The molecule has 2 N–H and O–H groups in total. The Balaban J connectivity index is 1.19. The van der Waals surface area contributed by atoms with E-state index in [1.807, 2.05) is 11.3 Å². The highest BCUT2D eigenvalue weighted by molar-refractivity contribution is 7.26. The number of rotatable bonds is 3. The Kier molecular flexibility index (Phi) is 5.82. The number of thiophene rings is 1. The molecule has 0 amide bonds. The van der Waals surface area contributed by atoms with Gasteiger partial charge in [0.15, 0.2) is 6.29 Å². The van der Waals surface area contributed by atoms with E-state index < -0.39 is 0 Å². The molecule has 2 unspecified atom stereocenters. The molecule has 0 saturated heterocycles. The van der Waals surface area contributed by atoms with E-state index in [0.717, 1.165) is 41.0 Å². The molecule has 9 aromatic rings. The van der Waals surface area contributed by atoms with Crippen molar-refractivity contribution in [2.75, 3.05) is 5.32 Å². The molecule has 0 saturated carbocycles. The summed E-state index contributed by atoms with van der Waals surface area (Å²) in [4.78, 5) is 0. The molecule has 49 heavy (non-hydrogen) atoms. The molecular formula is C44H31N3OS. The second-order valence-corrected chi connectivity index (χ2v) is 14.3. The Morgan fingerprint density at radius 1 is 0.714 bits per heavy atom. The van der Waals surface area contributed by atoms with Crippen LogP contribution in [0.5, 0.6) is 0 Å². The molecule has 6 aromatic carbocycles. The van der Waals surface area contributed by atoms with Gasteiger partial charge in [-0.1, -0.05) is 109 Å². The van der Waals surface area contributed by atoms with Crippen LogP contribution >= 0.6 is 11.3 Å². The zero-order valence-electron chi connectivity index (χ0n) is 26.6. The quantitative estimate of drug-likeness (QED) is 0.200. The molecule has 234 valence electrons. The molecule has 1 aliphatic heterocycles. The first-order valence-corrected chi connectivity index (χ1v) is 17.9. The number of nitrogens with one attached hydrogen (secondary N) is 2. The minimum atomic E-state index is -0.195. The maximum absolute atomic E-state index is 6.57. The van der Waals surface area contributed by atoms with E-state index in [0.29, 0.717) is 0 Å². The highest BCUT2D eigenvalue weighted by atomic mass is 32.1. The fourth-order valence-electron chi connectivity index (χ4n) is 8.36. The second kappa shape index (κ2) is 10.4. The van der Waals surface area contributed by atoms with Gasteiger partial charge in [0.25, 0.3) is 0 Å². The molecule has 5 heteroatoms. The highest BCUT2D eigenvalue weighted by Crippen LogP contribution is 2.46. The van der Waals surface area contributed by atoms with Crippen LogP contribution in [0.25, 0.3) is 70.2 Å². The molecule has 2 aliphatic rings. The minimum Gasteiger partial charge on any atom is -0.456 e. The number of hydrogen-bond donors (Lipinski definition) is 2. The second-order valence-electron chi connectivity index (χ2n) is 13.2. The SMILES string of the molecule is C1=Cc2oc3c(-c4ccc5c6c7sc8ccccc8c7ccc6n(C6Nc7ccccc7C(c7ccccc7)N6)c5c4)cccc3c2CC1. The lowest BCUT2D eigenvalue weighted by Gasteiger charge is -2.36. The van der Waals surface area contributed by atoms with E-state index in [-0.39, 0.29) is 12.3 Å². The van der Waals surface area contributed by atoms with Gasteiger partial charge >= 0.3 is 0 Å². The van der Waals surface area contributed by atoms with Gasteiger partial charge in [-0.3, -0.25) is 5.32 Å². The first-order chi connectivity index (χ1) is 24.3. The van der Waals surface area contributed by atoms with Gasteiger partial charge in [0, 0.05) is 53.1 Å². The summed E-state index contributed by atoms with van der Waals surface area (Å²) in [5, 5.41) is 14.4. The fraction of sp³-hybridized carbons (Fsp3) is 0.0909. The summed E-state index contributed by atoms with van der Waals surface area (Å²) in [5.41, 5.74) is 10.6. The first kappa shape index (κ1) is 27.3. The van der Waals surface area contributed by atoms with Gasteiger partial charge < -0.3 is 14.3 Å². The summed E-state index contributed by atoms with van der Waals surface area (Å²) in [6.07, 6.45) is 6.23. The molecule has 4 nitrogen and oxygen atoms in total. The van der Waals surface area contributed by atoms with Gasteiger partial charge in [0.05, 0.1) is 17.1 Å². The molecule has 3 aromatic heterocycles. The third-order valence-electron chi connectivity index (χ3n) is 10.6. The predicted molar refractivity (Wildman–Crippen MR) is 205 cm³/mol. The normalized spacial score (nSPS) is 17.2. The van der Waals surface area contributed by atoms with Gasteiger partial charge in [0.2, 0.25) is 0 Å². The summed E-state index contributed by atoms with van der Waals surface area (Å²) in [5.74, 6) is 0.997. The number of hydrogen-bond acceptors (Lipinski definition) is 4. The van der Waals surface area contributed by atoms with Crippen LogP contribution in [0.3, 0.4) is 0 Å². The van der Waals surface area contributed by atoms with Crippen molar-refractivity contribution in [1.29, 1.82) is 0 Å². The maximum atomic E-state index is 6.57. The third-order valence-corrected chi connectivity index (χ3v) is 11.8. The van der Waals surface area contributed by atoms with Crippen LogP contribution in [0.2, 0.25) is 0 Å². The Morgan fingerprint density at radius 2 is 1.55 bits per heavy atom. The number of para-hydroxylation sites is 2. The molecule has 11 rings (SSSR count). The van der Waals surface area contributed by atoms with Crippen LogP contribution in [0, 0.1) is 0 Å². The van der Waals surface area contributed by atoms with Crippen molar-refractivity contribution in [2.45, 2.75) is 25.2 Å². The lowest BCUT2D eigenvalue weighted by molar-refractivity contribution is 0.417. The Labute approximate surface area is 286 Å². The zero-order chi connectivity index (χ0) is 32.1. The smallest absolute Gasteiger partial charge is 0.160 e. The number of fused-ring (bicyclic) bond motifs is 11. The van der Waals surface area contributed by atoms with Crippen molar-refractivity contribution in [3.8, 4) is 11.1 Å². The number of allylic oxidation sites excluding steroid dienone is 1. The lowest BCUT2D eigenvalue weighted by Crippen LogP contribution is -2.40. The summed E-state index contributed by atoms with van der Waals surface area (Å²) in [7, 11) is 0. The van der Waals surface area contributed by atoms with E-state index in [1.54, 1.807) is 0 Å².